The molecule has 0 radical (unpaired) electrons. The third kappa shape index (κ3) is 2.67. The zero-order chi connectivity index (χ0) is 17.6. The third-order valence-corrected chi connectivity index (χ3v) is 5.19. The van der Waals surface area contributed by atoms with Crippen LogP contribution in [-0.4, -0.2) is 43.1 Å². The number of carbonyl (C=O) groups is 2. The van der Waals surface area contributed by atoms with Crippen LogP contribution < -0.4 is 0 Å². The highest BCUT2D eigenvalue weighted by Crippen LogP contribution is 2.47. The molecule has 0 aromatic rings. The van der Waals surface area contributed by atoms with E-state index in [-0.39, 0.29) is 30.2 Å². The van der Waals surface area contributed by atoms with E-state index < -0.39 is 11.8 Å². The van der Waals surface area contributed by atoms with Crippen LogP contribution in [0.15, 0.2) is 22.8 Å². The van der Waals surface area contributed by atoms with Crippen LogP contribution in [0.25, 0.3) is 0 Å². The molecule has 3 rings (SSSR count). The van der Waals surface area contributed by atoms with Crippen LogP contribution in [0, 0.1) is 5.92 Å². The lowest BCUT2D eigenvalue weighted by atomic mass is 9.86. The molecule has 0 aromatic heterocycles. The van der Waals surface area contributed by atoms with Gasteiger partial charge in [-0.1, -0.05) is 6.92 Å². The van der Waals surface area contributed by atoms with Gasteiger partial charge < -0.3 is 18.9 Å². The summed E-state index contributed by atoms with van der Waals surface area (Å²) in [6, 6.07) is 0. The molecule has 1 spiro atoms. The molecule has 2 bridgehead atoms. The first kappa shape index (κ1) is 17.2. The average Bonchev–Trinajstić information content (AvgIpc) is 2.95. The fourth-order valence-corrected chi connectivity index (χ4v) is 3.87. The molecule has 0 N–H and O–H groups in total. The molecule has 24 heavy (non-hydrogen) atoms. The van der Waals surface area contributed by atoms with Crippen molar-refractivity contribution in [2.45, 2.75) is 64.6 Å². The molecular weight excluding hydrogens is 312 g/mol. The Morgan fingerprint density at radius 3 is 2.67 bits per heavy atom. The first-order valence-corrected chi connectivity index (χ1v) is 8.28. The number of ether oxygens (including phenoxy) is 4. The Bertz CT molecular complexity index is 633. The second-order valence-corrected chi connectivity index (χ2v) is 6.93. The minimum Gasteiger partial charge on any atom is -0.462 e. The Morgan fingerprint density at radius 1 is 1.33 bits per heavy atom. The second-order valence-electron chi connectivity index (χ2n) is 6.93. The number of hydrogen-bond acceptors (Lipinski definition) is 6. The minimum atomic E-state index is -1.19. The molecule has 6 nitrogen and oxygen atoms in total. The van der Waals surface area contributed by atoms with E-state index in [1.807, 2.05) is 19.9 Å². The van der Waals surface area contributed by atoms with Crippen LogP contribution in [0.2, 0.25) is 0 Å². The van der Waals surface area contributed by atoms with Crippen molar-refractivity contribution in [2.75, 3.05) is 7.11 Å². The highest BCUT2D eigenvalue weighted by atomic mass is 16.7. The topological polar surface area (TPSA) is 71.1 Å². The smallest absolute Gasteiger partial charge is 0.336 e. The van der Waals surface area contributed by atoms with E-state index in [0.29, 0.717) is 18.4 Å². The van der Waals surface area contributed by atoms with Crippen LogP contribution in [0.5, 0.6) is 0 Å². The Labute approximate surface area is 141 Å². The predicted octanol–water partition coefficient (Wildman–Crippen LogP) is 2.28. The maximum Gasteiger partial charge on any atom is 0.336 e. The van der Waals surface area contributed by atoms with Gasteiger partial charge in [-0.15, -0.1) is 0 Å². The second kappa shape index (κ2) is 6.01. The van der Waals surface area contributed by atoms with Crippen molar-refractivity contribution in [1.82, 2.24) is 0 Å². The van der Waals surface area contributed by atoms with Gasteiger partial charge in [0.2, 0.25) is 0 Å². The normalized spacial score (nSPS) is 38.7. The fourth-order valence-electron chi connectivity index (χ4n) is 3.87. The van der Waals surface area contributed by atoms with Gasteiger partial charge in [-0.05, 0) is 37.8 Å². The quantitative estimate of drug-likeness (QED) is 0.569. The lowest BCUT2D eigenvalue weighted by Crippen LogP contribution is -2.37. The van der Waals surface area contributed by atoms with Crippen molar-refractivity contribution in [2.24, 2.45) is 5.92 Å². The maximum atomic E-state index is 12.2. The summed E-state index contributed by atoms with van der Waals surface area (Å²) in [5, 5.41) is 0. The van der Waals surface area contributed by atoms with Gasteiger partial charge in [0.05, 0.1) is 6.10 Å². The van der Waals surface area contributed by atoms with Gasteiger partial charge in [0.25, 0.3) is 5.79 Å². The summed E-state index contributed by atoms with van der Waals surface area (Å²) in [7, 11) is 1.64. The molecular formula is C18H24O6. The van der Waals surface area contributed by atoms with Gasteiger partial charge in [-0.2, -0.15) is 0 Å². The molecule has 3 aliphatic rings. The molecule has 3 heterocycles. The van der Waals surface area contributed by atoms with E-state index in [9.17, 15) is 9.59 Å². The lowest BCUT2D eigenvalue weighted by Gasteiger charge is -2.28. The van der Waals surface area contributed by atoms with Gasteiger partial charge >= 0.3 is 11.9 Å². The molecule has 132 valence electrons. The molecule has 0 unspecified atom stereocenters. The van der Waals surface area contributed by atoms with Gasteiger partial charge in [-0.3, -0.25) is 4.79 Å². The van der Waals surface area contributed by atoms with Gasteiger partial charge in [0.15, 0.2) is 0 Å². The first-order chi connectivity index (χ1) is 11.3. The van der Waals surface area contributed by atoms with Crippen molar-refractivity contribution in [3.8, 4) is 0 Å². The van der Waals surface area contributed by atoms with Gasteiger partial charge in [0, 0.05) is 31.6 Å². The molecule has 3 aliphatic heterocycles. The van der Waals surface area contributed by atoms with Crippen LogP contribution in [0.3, 0.4) is 0 Å². The van der Waals surface area contributed by atoms with Crippen LogP contribution in [-0.2, 0) is 28.5 Å². The van der Waals surface area contributed by atoms with Crippen molar-refractivity contribution in [3.63, 3.8) is 0 Å². The maximum absolute atomic E-state index is 12.2. The van der Waals surface area contributed by atoms with E-state index in [2.05, 4.69) is 0 Å². The highest BCUT2D eigenvalue weighted by molar-refractivity contribution is 5.92. The molecule has 0 amide bonds. The van der Waals surface area contributed by atoms with E-state index in [1.165, 1.54) is 6.92 Å². The average molecular weight is 336 g/mol. The standard InChI is InChI=1S/C18H24O6/c1-9-6-15(21-5)16-10(2)8-18(23-16)13(11(3)17(20)24-18)7-14(9)22-12(4)19/h8-9,14-16H,6-7H2,1-5H3/t9-,14+,15-,16+,18-/m0/s1. The fraction of sp³-hybridized carbons (Fsp3) is 0.667. The van der Waals surface area contributed by atoms with Gasteiger partial charge in [-0.25, -0.2) is 4.79 Å². The number of methoxy groups -OCH3 is 1. The molecule has 0 aromatic carbocycles. The lowest BCUT2D eigenvalue weighted by molar-refractivity contribution is -0.197. The highest BCUT2D eigenvalue weighted by Gasteiger charge is 2.54. The SMILES string of the molecule is CO[C@H]1C[C@H](C)[C@H](OC(C)=O)CC2=C(C)C(=O)O[C@@]23C=C(C)[C@H]1O3. The summed E-state index contributed by atoms with van der Waals surface area (Å²) >= 11 is 0. The van der Waals surface area contributed by atoms with Crippen LogP contribution >= 0.6 is 0 Å². The first-order valence-electron chi connectivity index (χ1n) is 8.28. The Kier molecular flexibility index (Phi) is 4.30. The Balaban J connectivity index is 2.07. The van der Waals surface area contributed by atoms with E-state index in [4.69, 9.17) is 18.9 Å². The summed E-state index contributed by atoms with van der Waals surface area (Å²) in [5.74, 6) is -1.86. The van der Waals surface area contributed by atoms with E-state index in [0.717, 1.165) is 11.1 Å². The van der Waals surface area contributed by atoms with Crippen molar-refractivity contribution in [1.29, 1.82) is 0 Å². The largest absolute Gasteiger partial charge is 0.462 e. The molecule has 1 saturated heterocycles. The zero-order valence-corrected chi connectivity index (χ0v) is 14.8. The number of rotatable bonds is 2. The molecule has 6 heteroatoms. The Hall–Kier alpha value is -1.66. The molecule has 5 atom stereocenters. The Morgan fingerprint density at radius 2 is 2.04 bits per heavy atom. The van der Waals surface area contributed by atoms with Crippen LogP contribution in [0.4, 0.5) is 0 Å². The number of fused-ring (bicyclic) bond motifs is 1. The number of hydrogen-bond donors (Lipinski definition) is 0. The number of carbonyl (C=O) groups excluding carboxylic acids is 2. The predicted molar refractivity (Wildman–Crippen MR) is 84.9 cm³/mol. The van der Waals surface area contributed by atoms with E-state index >= 15 is 0 Å². The molecule has 1 fully saturated rings. The van der Waals surface area contributed by atoms with Crippen LogP contribution in [0.1, 0.15) is 40.5 Å². The third-order valence-electron chi connectivity index (χ3n) is 5.19. The summed E-state index contributed by atoms with van der Waals surface area (Å²) in [4.78, 5) is 23.7. The van der Waals surface area contributed by atoms with Crippen molar-refractivity contribution < 1.29 is 28.5 Å². The van der Waals surface area contributed by atoms with Crippen molar-refractivity contribution >= 4 is 11.9 Å². The summed E-state index contributed by atoms with van der Waals surface area (Å²) in [6.45, 7) is 7.11. The summed E-state index contributed by atoms with van der Waals surface area (Å²) in [5.41, 5.74) is 2.25. The summed E-state index contributed by atoms with van der Waals surface area (Å²) in [6.07, 6.45) is 2.10. The summed E-state index contributed by atoms with van der Waals surface area (Å²) < 4.78 is 23.0. The number of esters is 2. The molecule has 0 saturated carbocycles. The van der Waals surface area contributed by atoms with E-state index in [1.54, 1.807) is 14.0 Å². The minimum absolute atomic E-state index is 0.0580. The zero-order valence-electron chi connectivity index (χ0n) is 14.8. The molecule has 0 aliphatic carbocycles. The monoisotopic (exact) mass is 336 g/mol. The van der Waals surface area contributed by atoms with Crippen molar-refractivity contribution in [3.05, 3.63) is 22.8 Å². The van der Waals surface area contributed by atoms with Gasteiger partial charge in [0.1, 0.15) is 12.2 Å².